The lowest BCUT2D eigenvalue weighted by Crippen LogP contribution is -1.83. The normalized spacial score (nSPS) is 9.87. The molecule has 2 rings (SSSR count). The van der Waals surface area contributed by atoms with E-state index in [-0.39, 0.29) is 0 Å². The van der Waals surface area contributed by atoms with Gasteiger partial charge in [0.2, 0.25) is 0 Å². The molecule has 0 fully saturated rings. The van der Waals surface area contributed by atoms with Crippen LogP contribution < -0.4 is 0 Å². The predicted octanol–water partition coefficient (Wildman–Crippen LogP) is 2.14. The van der Waals surface area contributed by atoms with Gasteiger partial charge in [-0.1, -0.05) is 11.8 Å². The maximum absolute atomic E-state index is 8.78. The summed E-state index contributed by atoms with van der Waals surface area (Å²) < 4.78 is 0. The molecule has 0 spiro atoms. The Morgan fingerprint density at radius 1 is 1.47 bits per heavy atom. The second-order valence-corrected chi connectivity index (χ2v) is 4.04. The topological polar surface area (TPSA) is 65.4 Å². The van der Waals surface area contributed by atoms with E-state index in [0.29, 0.717) is 5.56 Å². The lowest BCUT2D eigenvalue weighted by molar-refractivity contribution is 0.973. The minimum Gasteiger partial charge on any atom is -0.254 e. The molecular weight excluding hydrogens is 208 g/mol. The van der Waals surface area contributed by atoms with E-state index < -0.39 is 0 Å². The molecule has 0 aliphatic carbocycles. The number of rotatable bonds is 2. The van der Waals surface area contributed by atoms with Crippen LogP contribution >= 0.6 is 11.8 Å². The SMILES string of the molecule is Cc1cc(Sc2ncn[nH]2)ccc1C#N. The number of hydrogen-bond acceptors (Lipinski definition) is 4. The molecule has 1 aromatic heterocycles. The summed E-state index contributed by atoms with van der Waals surface area (Å²) in [5, 5.41) is 16.1. The van der Waals surface area contributed by atoms with Gasteiger partial charge < -0.3 is 0 Å². The van der Waals surface area contributed by atoms with Gasteiger partial charge in [-0.15, -0.1) is 0 Å². The van der Waals surface area contributed by atoms with E-state index in [0.717, 1.165) is 15.6 Å². The second-order valence-electron chi connectivity index (χ2n) is 2.98. The Bertz CT molecular complexity index is 499. The molecule has 0 saturated carbocycles. The van der Waals surface area contributed by atoms with Crippen molar-refractivity contribution in [2.45, 2.75) is 17.0 Å². The Morgan fingerprint density at radius 2 is 2.33 bits per heavy atom. The van der Waals surface area contributed by atoms with Gasteiger partial charge in [0.15, 0.2) is 5.16 Å². The maximum atomic E-state index is 8.78. The Balaban J connectivity index is 2.24. The quantitative estimate of drug-likeness (QED) is 0.835. The first-order chi connectivity index (χ1) is 7.29. The third-order valence-corrected chi connectivity index (χ3v) is 2.81. The summed E-state index contributed by atoms with van der Waals surface area (Å²) in [7, 11) is 0. The highest BCUT2D eigenvalue weighted by molar-refractivity contribution is 7.99. The van der Waals surface area contributed by atoms with Crippen LogP contribution in [0, 0.1) is 18.3 Å². The number of benzene rings is 1. The first kappa shape index (κ1) is 9.74. The molecule has 0 radical (unpaired) electrons. The molecule has 0 aliphatic rings. The standard InChI is InChI=1S/C10H8N4S/c1-7-4-9(3-2-8(7)5-11)15-10-12-6-13-14-10/h2-4,6H,1H3,(H,12,13,14). The molecule has 1 heterocycles. The van der Waals surface area contributed by atoms with Gasteiger partial charge in [-0.3, -0.25) is 5.10 Å². The fourth-order valence-electron chi connectivity index (χ4n) is 1.18. The molecule has 0 aliphatic heterocycles. The number of nitrogens with one attached hydrogen (secondary N) is 1. The number of hydrogen-bond donors (Lipinski definition) is 1. The first-order valence-corrected chi connectivity index (χ1v) is 5.15. The lowest BCUT2D eigenvalue weighted by atomic mass is 10.1. The van der Waals surface area contributed by atoms with E-state index in [1.807, 2.05) is 25.1 Å². The van der Waals surface area contributed by atoms with Crippen molar-refractivity contribution in [3.05, 3.63) is 35.7 Å². The van der Waals surface area contributed by atoms with E-state index in [9.17, 15) is 0 Å². The van der Waals surface area contributed by atoms with E-state index in [1.165, 1.54) is 18.1 Å². The summed E-state index contributed by atoms with van der Waals surface area (Å²) in [5.74, 6) is 0. The van der Waals surface area contributed by atoms with Crippen molar-refractivity contribution in [2.24, 2.45) is 0 Å². The molecule has 0 saturated heterocycles. The van der Waals surface area contributed by atoms with E-state index in [4.69, 9.17) is 5.26 Å². The molecule has 0 bridgehead atoms. The Kier molecular flexibility index (Phi) is 2.70. The van der Waals surface area contributed by atoms with Crippen LogP contribution in [0.2, 0.25) is 0 Å². The minimum absolute atomic E-state index is 0.705. The van der Waals surface area contributed by atoms with Gasteiger partial charge in [0.25, 0.3) is 0 Å². The van der Waals surface area contributed by atoms with Crippen molar-refractivity contribution in [2.75, 3.05) is 0 Å². The summed E-state index contributed by atoms with van der Waals surface area (Å²) in [6.45, 7) is 1.92. The van der Waals surface area contributed by atoms with Gasteiger partial charge in [0.05, 0.1) is 11.6 Å². The average Bonchev–Trinajstić information content (AvgIpc) is 2.71. The number of nitrogens with zero attached hydrogens (tertiary/aromatic N) is 3. The molecule has 15 heavy (non-hydrogen) atoms. The highest BCUT2D eigenvalue weighted by Crippen LogP contribution is 2.25. The summed E-state index contributed by atoms with van der Waals surface area (Å²) >= 11 is 1.49. The van der Waals surface area contributed by atoms with E-state index in [2.05, 4.69) is 21.3 Å². The number of aromatic nitrogens is 3. The van der Waals surface area contributed by atoms with Crippen molar-refractivity contribution in [1.29, 1.82) is 5.26 Å². The van der Waals surface area contributed by atoms with Gasteiger partial charge in [-0.05, 0) is 30.7 Å². The van der Waals surface area contributed by atoms with Crippen molar-refractivity contribution < 1.29 is 0 Å². The zero-order valence-electron chi connectivity index (χ0n) is 8.06. The molecule has 5 heteroatoms. The van der Waals surface area contributed by atoms with Crippen LogP contribution in [-0.2, 0) is 0 Å². The lowest BCUT2D eigenvalue weighted by Gasteiger charge is -2.00. The summed E-state index contributed by atoms with van der Waals surface area (Å²) in [6.07, 6.45) is 1.47. The fourth-order valence-corrected chi connectivity index (χ4v) is 1.97. The number of aromatic amines is 1. The highest BCUT2D eigenvalue weighted by atomic mass is 32.2. The van der Waals surface area contributed by atoms with Crippen molar-refractivity contribution in [3.8, 4) is 6.07 Å². The third kappa shape index (κ3) is 2.17. The van der Waals surface area contributed by atoms with Crippen molar-refractivity contribution in [1.82, 2.24) is 15.2 Å². The molecule has 74 valence electrons. The fraction of sp³-hybridized carbons (Fsp3) is 0.100. The molecule has 2 aromatic rings. The van der Waals surface area contributed by atoms with Crippen LogP contribution in [0.15, 0.2) is 34.6 Å². The van der Waals surface area contributed by atoms with Gasteiger partial charge in [-0.25, -0.2) is 4.98 Å². The van der Waals surface area contributed by atoms with E-state index >= 15 is 0 Å². The van der Waals surface area contributed by atoms with Crippen LogP contribution in [0.3, 0.4) is 0 Å². The smallest absolute Gasteiger partial charge is 0.188 e. The summed E-state index contributed by atoms with van der Waals surface area (Å²) in [5.41, 5.74) is 1.68. The van der Waals surface area contributed by atoms with Crippen LogP contribution in [0.1, 0.15) is 11.1 Å². The first-order valence-electron chi connectivity index (χ1n) is 4.33. The molecule has 0 atom stereocenters. The minimum atomic E-state index is 0.705. The second kappa shape index (κ2) is 4.15. The highest BCUT2D eigenvalue weighted by Gasteiger charge is 2.02. The predicted molar refractivity (Wildman–Crippen MR) is 56.4 cm³/mol. The number of aryl methyl sites for hydroxylation is 1. The molecule has 0 amide bonds. The zero-order valence-corrected chi connectivity index (χ0v) is 8.88. The Morgan fingerprint density at radius 3 is 2.93 bits per heavy atom. The Labute approximate surface area is 91.4 Å². The van der Waals surface area contributed by atoms with Gasteiger partial charge in [0.1, 0.15) is 6.33 Å². The van der Waals surface area contributed by atoms with Crippen molar-refractivity contribution >= 4 is 11.8 Å². The average molecular weight is 216 g/mol. The maximum Gasteiger partial charge on any atom is 0.188 e. The van der Waals surface area contributed by atoms with Crippen LogP contribution in [0.25, 0.3) is 0 Å². The largest absolute Gasteiger partial charge is 0.254 e. The molecule has 0 unspecified atom stereocenters. The molecular formula is C10H8N4S. The van der Waals surface area contributed by atoms with Gasteiger partial charge in [-0.2, -0.15) is 10.4 Å². The molecule has 4 nitrogen and oxygen atoms in total. The number of nitriles is 1. The van der Waals surface area contributed by atoms with Crippen molar-refractivity contribution in [3.63, 3.8) is 0 Å². The van der Waals surface area contributed by atoms with E-state index in [1.54, 1.807) is 0 Å². The zero-order chi connectivity index (χ0) is 10.7. The van der Waals surface area contributed by atoms with Crippen LogP contribution in [0.4, 0.5) is 0 Å². The van der Waals surface area contributed by atoms with Crippen LogP contribution in [-0.4, -0.2) is 15.2 Å². The number of H-pyrrole nitrogens is 1. The third-order valence-electron chi connectivity index (χ3n) is 1.93. The van der Waals surface area contributed by atoms with Gasteiger partial charge >= 0.3 is 0 Å². The monoisotopic (exact) mass is 216 g/mol. The van der Waals surface area contributed by atoms with Gasteiger partial charge in [0, 0.05) is 4.90 Å². The molecule has 1 aromatic carbocycles. The molecule has 1 N–H and O–H groups in total. The van der Waals surface area contributed by atoms with Crippen LogP contribution in [0.5, 0.6) is 0 Å². The Hall–Kier alpha value is -1.80. The summed E-state index contributed by atoms with van der Waals surface area (Å²) in [6, 6.07) is 7.82. The summed E-state index contributed by atoms with van der Waals surface area (Å²) in [4.78, 5) is 5.06.